The maximum atomic E-state index is 12.6. The molecule has 1 amide bonds. The number of likely N-dealkylation sites (tertiary alicyclic amines) is 1. The van der Waals surface area contributed by atoms with Crippen molar-refractivity contribution in [1.29, 1.82) is 0 Å². The van der Waals surface area contributed by atoms with Gasteiger partial charge in [0.05, 0.1) is 30.5 Å². The number of nitrogens with zero attached hydrogens (tertiary/aromatic N) is 4. The number of ether oxygens (including phenoxy) is 1. The van der Waals surface area contributed by atoms with Gasteiger partial charge in [0.1, 0.15) is 5.82 Å². The van der Waals surface area contributed by atoms with E-state index in [2.05, 4.69) is 19.9 Å². The maximum absolute atomic E-state index is 12.6. The van der Waals surface area contributed by atoms with E-state index in [0.717, 1.165) is 49.2 Å². The molecule has 2 aromatic heterocycles. The second-order valence-corrected chi connectivity index (χ2v) is 6.59. The van der Waals surface area contributed by atoms with Crippen molar-refractivity contribution in [1.82, 2.24) is 24.8 Å². The third-order valence-corrected chi connectivity index (χ3v) is 4.86. The summed E-state index contributed by atoms with van der Waals surface area (Å²) >= 11 is 0. The fraction of sp³-hybridized carbons (Fsp3) is 0.368. The molecule has 7 nitrogen and oxygen atoms in total. The summed E-state index contributed by atoms with van der Waals surface area (Å²) in [4.78, 5) is 30.7. The van der Waals surface area contributed by atoms with Gasteiger partial charge in [0.2, 0.25) is 5.88 Å². The zero-order valence-corrected chi connectivity index (χ0v) is 14.7. The zero-order chi connectivity index (χ0) is 17.9. The highest BCUT2D eigenvalue weighted by Gasteiger charge is 2.25. The smallest absolute Gasteiger partial charge is 0.274 e. The molecule has 26 heavy (non-hydrogen) atoms. The van der Waals surface area contributed by atoms with Crippen molar-refractivity contribution in [3.8, 4) is 5.88 Å². The van der Waals surface area contributed by atoms with Crippen molar-refractivity contribution in [2.45, 2.75) is 19.3 Å². The van der Waals surface area contributed by atoms with Crippen molar-refractivity contribution in [3.63, 3.8) is 0 Å². The maximum Gasteiger partial charge on any atom is 0.274 e. The number of nitrogens with one attached hydrogen (secondary N) is 1. The zero-order valence-electron chi connectivity index (χ0n) is 14.7. The molecular formula is C19H21N5O2. The molecule has 0 aliphatic carbocycles. The van der Waals surface area contributed by atoms with Crippen LogP contribution in [0.2, 0.25) is 0 Å². The number of methoxy groups -OCH3 is 1. The predicted octanol–water partition coefficient (Wildman–Crippen LogP) is 2.46. The summed E-state index contributed by atoms with van der Waals surface area (Å²) in [5.41, 5.74) is 2.42. The van der Waals surface area contributed by atoms with E-state index in [1.807, 2.05) is 29.2 Å². The van der Waals surface area contributed by atoms with E-state index in [1.165, 1.54) is 19.5 Å². The lowest BCUT2D eigenvalue weighted by Crippen LogP contribution is -2.39. The minimum Gasteiger partial charge on any atom is -0.480 e. The molecule has 1 N–H and O–H groups in total. The molecule has 0 saturated carbocycles. The molecule has 1 aromatic carbocycles. The molecule has 7 heteroatoms. The number of imidazole rings is 1. The lowest BCUT2D eigenvalue weighted by atomic mass is 9.93. The summed E-state index contributed by atoms with van der Waals surface area (Å²) in [5.74, 6) is 1.82. The quantitative estimate of drug-likeness (QED) is 0.780. The Bertz CT molecular complexity index is 882. The lowest BCUT2D eigenvalue weighted by molar-refractivity contribution is 0.0682. The van der Waals surface area contributed by atoms with E-state index in [9.17, 15) is 4.79 Å². The van der Waals surface area contributed by atoms with Crippen LogP contribution in [0.25, 0.3) is 11.0 Å². The summed E-state index contributed by atoms with van der Waals surface area (Å²) in [6, 6.07) is 8.07. The molecule has 0 atom stereocenters. The number of piperidine rings is 1. The molecule has 134 valence electrons. The largest absolute Gasteiger partial charge is 0.480 e. The van der Waals surface area contributed by atoms with Gasteiger partial charge in [-0.1, -0.05) is 12.1 Å². The molecule has 0 unspecified atom stereocenters. The number of hydrogen-bond acceptors (Lipinski definition) is 5. The number of aromatic amines is 1. The van der Waals surface area contributed by atoms with Crippen LogP contribution in [0.15, 0.2) is 36.7 Å². The molecular weight excluding hydrogens is 330 g/mol. The lowest BCUT2D eigenvalue weighted by Gasteiger charge is -2.31. The van der Waals surface area contributed by atoms with Crippen LogP contribution in [0.1, 0.15) is 29.2 Å². The SMILES string of the molecule is COc1cncc(C(=O)N2CCC(Cc3nc4ccccc4[nH]3)CC2)n1. The van der Waals surface area contributed by atoms with Crippen LogP contribution in [-0.4, -0.2) is 50.9 Å². The van der Waals surface area contributed by atoms with Crippen LogP contribution >= 0.6 is 0 Å². The summed E-state index contributed by atoms with van der Waals surface area (Å²) in [7, 11) is 1.52. The Hall–Kier alpha value is -2.96. The number of carbonyl (C=O) groups is 1. The molecule has 4 rings (SSSR count). The summed E-state index contributed by atoms with van der Waals surface area (Å²) in [5, 5.41) is 0. The highest BCUT2D eigenvalue weighted by Crippen LogP contribution is 2.23. The fourth-order valence-electron chi connectivity index (χ4n) is 3.43. The second-order valence-electron chi connectivity index (χ2n) is 6.59. The average molecular weight is 351 g/mol. The van der Waals surface area contributed by atoms with Crippen molar-refractivity contribution < 1.29 is 9.53 Å². The Morgan fingerprint density at radius 1 is 1.23 bits per heavy atom. The predicted molar refractivity (Wildman–Crippen MR) is 97.0 cm³/mol. The van der Waals surface area contributed by atoms with Gasteiger partial charge in [-0.3, -0.25) is 9.78 Å². The third kappa shape index (κ3) is 3.37. The first-order valence-corrected chi connectivity index (χ1v) is 8.82. The molecule has 3 heterocycles. The van der Waals surface area contributed by atoms with Crippen LogP contribution < -0.4 is 4.74 Å². The highest BCUT2D eigenvalue weighted by atomic mass is 16.5. The van der Waals surface area contributed by atoms with Crippen LogP contribution in [0.4, 0.5) is 0 Å². The first-order valence-electron chi connectivity index (χ1n) is 8.82. The standard InChI is InChI=1S/C19H21N5O2/c1-26-18-12-20-11-16(23-18)19(25)24-8-6-13(7-9-24)10-17-21-14-4-2-3-5-15(14)22-17/h2-5,11-13H,6-10H2,1H3,(H,21,22). The van der Waals surface area contributed by atoms with Crippen LogP contribution in [0, 0.1) is 5.92 Å². The van der Waals surface area contributed by atoms with Gasteiger partial charge >= 0.3 is 0 Å². The third-order valence-electron chi connectivity index (χ3n) is 4.86. The van der Waals surface area contributed by atoms with Gasteiger partial charge < -0.3 is 14.6 Å². The molecule has 1 aliphatic heterocycles. The first-order chi connectivity index (χ1) is 12.7. The Morgan fingerprint density at radius 2 is 2.04 bits per heavy atom. The Morgan fingerprint density at radius 3 is 2.81 bits per heavy atom. The van der Waals surface area contributed by atoms with E-state index >= 15 is 0 Å². The number of para-hydroxylation sites is 2. The molecule has 3 aromatic rings. The molecule has 0 spiro atoms. The number of hydrogen-bond donors (Lipinski definition) is 1. The minimum absolute atomic E-state index is 0.0846. The van der Waals surface area contributed by atoms with Gasteiger partial charge in [-0.15, -0.1) is 0 Å². The minimum atomic E-state index is -0.0846. The Kier molecular flexibility index (Phi) is 4.51. The second kappa shape index (κ2) is 7.11. The van der Waals surface area contributed by atoms with Gasteiger partial charge in [0.25, 0.3) is 5.91 Å². The number of amides is 1. The topological polar surface area (TPSA) is 84.0 Å². The molecule has 1 fully saturated rings. The number of carbonyl (C=O) groups excluding carboxylic acids is 1. The van der Waals surface area contributed by atoms with Crippen molar-refractivity contribution in [2.75, 3.05) is 20.2 Å². The van der Waals surface area contributed by atoms with Gasteiger partial charge in [0, 0.05) is 19.5 Å². The molecule has 0 bridgehead atoms. The molecule has 0 radical (unpaired) electrons. The summed E-state index contributed by atoms with van der Waals surface area (Å²) in [6.45, 7) is 1.45. The van der Waals surface area contributed by atoms with Gasteiger partial charge in [-0.2, -0.15) is 0 Å². The van der Waals surface area contributed by atoms with Crippen molar-refractivity contribution >= 4 is 16.9 Å². The monoisotopic (exact) mass is 351 g/mol. The Balaban J connectivity index is 1.36. The van der Waals surface area contributed by atoms with E-state index in [0.29, 0.717) is 17.5 Å². The van der Waals surface area contributed by atoms with E-state index in [1.54, 1.807) is 0 Å². The number of fused-ring (bicyclic) bond motifs is 1. The average Bonchev–Trinajstić information content (AvgIpc) is 3.10. The highest BCUT2D eigenvalue weighted by molar-refractivity contribution is 5.92. The number of aromatic nitrogens is 4. The van der Waals surface area contributed by atoms with E-state index in [4.69, 9.17) is 4.74 Å². The van der Waals surface area contributed by atoms with Crippen molar-refractivity contribution in [2.24, 2.45) is 5.92 Å². The summed E-state index contributed by atoms with van der Waals surface area (Å²) in [6.07, 6.45) is 5.82. The normalized spacial score (nSPS) is 15.3. The number of H-pyrrole nitrogens is 1. The van der Waals surface area contributed by atoms with Gasteiger partial charge in [-0.05, 0) is 30.9 Å². The molecule has 1 saturated heterocycles. The van der Waals surface area contributed by atoms with Crippen LogP contribution in [-0.2, 0) is 6.42 Å². The van der Waals surface area contributed by atoms with Crippen LogP contribution in [0.3, 0.4) is 0 Å². The number of benzene rings is 1. The molecule has 1 aliphatic rings. The number of rotatable bonds is 4. The fourth-order valence-corrected chi connectivity index (χ4v) is 3.43. The van der Waals surface area contributed by atoms with Gasteiger partial charge in [0.15, 0.2) is 5.69 Å². The van der Waals surface area contributed by atoms with Crippen LogP contribution in [0.5, 0.6) is 5.88 Å². The van der Waals surface area contributed by atoms with Crippen molar-refractivity contribution in [3.05, 3.63) is 48.2 Å². The van der Waals surface area contributed by atoms with Gasteiger partial charge in [-0.25, -0.2) is 9.97 Å². The van der Waals surface area contributed by atoms with E-state index in [-0.39, 0.29) is 5.91 Å². The van der Waals surface area contributed by atoms with E-state index < -0.39 is 0 Å². The Labute approximate surface area is 151 Å². The first kappa shape index (κ1) is 16.5. The summed E-state index contributed by atoms with van der Waals surface area (Å²) < 4.78 is 5.05.